The molecule has 1 heterocycles. The molecular formula is C17H25N3O. The minimum absolute atomic E-state index is 0.0640. The van der Waals surface area contributed by atoms with Gasteiger partial charge in [0.15, 0.2) is 0 Å². The Bertz CT molecular complexity index is 472. The third kappa shape index (κ3) is 3.63. The van der Waals surface area contributed by atoms with E-state index in [0.717, 1.165) is 38.6 Å². The fraction of sp³-hybridized carbons (Fsp3) is 0.588. The highest BCUT2D eigenvalue weighted by atomic mass is 16.2. The standard InChI is InChI=1S/C17H25N3O/c1-2-6-14-11-16(19-18-14)17(21)20(15-9-10-15)12-13-7-4-3-5-8-13/h3-5,7-8,14-16,18-19H,2,6,9-12H2,1H3. The predicted octanol–water partition coefficient (Wildman–Crippen LogP) is 2.21. The van der Waals surface area contributed by atoms with Crippen LogP contribution in [0, 0.1) is 0 Å². The number of benzene rings is 1. The van der Waals surface area contributed by atoms with Gasteiger partial charge in [-0.15, -0.1) is 0 Å². The van der Waals surface area contributed by atoms with Gasteiger partial charge in [-0.1, -0.05) is 43.7 Å². The van der Waals surface area contributed by atoms with Crippen LogP contribution in [-0.4, -0.2) is 28.9 Å². The van der Waals surface area contributed by atoms with E-state index < -0.39 is 0 Å². The highest BCUT2D eigenvalue weighted by molar-refractivity contribution is 5.82. The van der Waals surface area contributed by atoms with E-state index in [1.165, 1.54) is 5.56 Å². The van der Waals surface area contributed by atoms with Crippen molar-refractivity contribution in [1.82, 2.24) is 15.8 Å². The Hall–Kier alpha value is -1.39. The molecule has 114 valence electrons. The summed E-state index contributed by atoms with van der Waals surface area (Å²) < 4.78 is 0. The second-order valence-corrected chi connectivity index (χ2v) is 6.25. The van der Waals surface area contributed by atoms with E-state index in [9.17, 15) is 4.79 Å². The molecule has 1 saturated heterocycles. The van der Waals surface area contributed by atoms with E-state index in [4.69, 9.17) is 0 Å². The Morgan fingerprint density at radius 1 is 1.24 bits per heavy atom. The maximum atomic E-state index is 12.8. The lowest BCUT2D eigenvalue weighted by molar-refractivity contribution is -0.134. The van der Waals surface area contributed by atoms with Crippen molar-refractivity contribution < 1.29 is 4.79 Å². The van der Waals surface area contributed by atoms with Crippen molar-refractivity contribution in [1.29, 1.82) is 0 Å². The van der Waals surface area contributed by atoms with Gasteiger partial charge >= 0.3 is 0 Å². The van der Waals surface area contributed by atoms with Crippen molar-refractivity contribution in [3.63, 3.8) is 0 Å². The Kier molecular flexibility index (Phi) is 4.56. The second-order valence-electron chi connectivity index (χ2n) is 6.25. The molecule has 4 nitrogen and oxygen atoms in total. The zero-order valence-electron chi connectivity index (χ0n) is 12.7. The van der Waals surface area contributed by atoms with Crippen LogP contribution < -0.4 is 10.9 Å². The molecule has 2 unspecified atom stereocenters. The number of nitrogens with zero attached hydrogens (tertiary/aromatic N) is 1. The van der Waals surface area contributed by atoms with Gasteiger partial charge in [0.25, 0.3) is 0 Å². The van der Waals surface area contributed by atoms with E-state index in [1.807, 2.05) is 18.2 Å². The first kappa shape index (κ1) is 14.5. The van der Waals surface area contributed by atoms with Crippen LogP contribution >= 0.6 is 0 Å². The first-order chi connectivity index (χ1) is 10.3. The van der Waals surface area contributed by atoms with Gasteiger partial charge in [0.2, 0.25) is 5.91 Å². The van der Waals surface area contributed by atoms with Crippen LogP contribution in [0.2, 0.25) is 0 Å². The van der Waals surface area contributed by atoms with Gasteiger partial charge < -0.3 is 4.90 Å². The molecule has 4 heteroatoms. The summed E-state index contributed by atoms with van der Waals surface area (Å²) in [5.41, 5.74) is 7.68. The summed E-state index contributed by atoms with van der Waals surface area (Å²) in [5.74, 6) is 0.257. The molecule has 1 aliphatic heterocycles. The summed E-state index contributed by atoms with van der Waals surface area (Å²) in [5, 5.41) is 0. The Morgan fingerprint density at radius 2 is 2.00 bits per heavy atom. The van der Waals surface area contributed by atoms with Gasteiger partial charge in [-0.2, -0.15) is 0 Å². The van der Waals surface area contributed by atoms with Gasteiger partial charge in [-0.25, -0.2) is 5.43 Å². The quantitative estimate of drug-likeness (QED) is 0.843. The van der Waals surface area contributed by atoms with Crippen molar-refractivity contribution in [3.05, 3.63) is 35.9 Å². The third-order valence-electron chi connectivity index (χ3n) is 4.38. The number of hydrazine groups is 1. The van der Waals surface area contributed by atoms with E-state index >= 15 is 0 Å². The number of hydrogen-bond donors (Lipinski definition) is 2. The van der Waals surface area contributed by atoms with Crippen molar-refractivity contribution in [3.8, 4) is 0 Å². The van der Waals surface area contributed by atoms with Gasteiger partial charge in [0.05, 0.1) is 0 Å². The number of amides is 1. The molecule has 0 spiro atoms. The fourth-order valence-electron chi connectivity index (χ4n) is 3.08. The van der Waals surface area contributed by atoms with E-state index in [1.54, 1.807) is 0 Å². The fourth-order valence-corrected chi connectivity index (χ4v) is 3.08. The Morgan fingerprint density at radius 3 is 2.67 bits per heavy atom. The molecule has 3 rings (SSSR count). The number of hydrogen-bond acceptors (Lipinski definition) is 3. The van der Waals surface area contributed by atoms with Crippen molar-refractivity contribution >= 4 is 5.91 Å². The zero-order chi connectivity index (χ0) is 14.7. The smallest absolute Gasteiger partial charge is 0.241 e. The Balaban J connectivity index is 1.63. The monoisotopic (exact) mass is 287 g/mol. The number of nitrogens with one attached hydrogen (secondary N) is 2. The number of rotatable bonds is 6. The molecule has 2 fully saturated rings. The lowest BCUT2D eigenvalue weighted by atomic mass is 10.0. The van der Waals surface area contributed by atoms with Gasteiger partial charge in [-0.3, -0.25) is 10.2 Å². The molecule has 1 aromatic carbocycles. The van der Waals surface area contributed by atoms with Crippen molar-refractivity contribution in [2.75, 3.05) is 0 Å². The molecule has 21 heavy (non-hydrogen) atoms. The highest BCUT2D eigenvalue weighted by Gasteiger charge is 2.38. The molecular weight excluding hydrogens is 262 g/mol. The summed E-state index contributed by atoms with van der Waals surface area (Å²) in [7, 11) is 0. The van der Waals surface area contributed by atoms with E-state index in [2.05, 4.69) is 34.8 Å². The molecule has 2 atom stereocenters. The molecule has 2 N–H and O–H groups in total. The van der Waals surface area contributed by atoms with E-state index in [0.29, 0.717) is 12.1 Å². The largest absolute Gasteiger partial charge is 0.334 e. The third-order valence-corrected chi connectivity index (χ3v) is 4.38. The predicted molar refractivity (Wildman–Crippen MR) is 83.4 cm³/mol. The highest BCUT2D eigenvalue weighted by Crippen LogP contribution is 2.29. The number of carbonyl (C=O) groups is 1. The molecule has 1 aliphatic carbocycles. The van der Waals surface area contributed by atoms with Crippen LogP contribution in [0.25, 0.3) is 0 Å². The van der Waals surface area contributed by atoms with Gasteiger partial charge in [0.1, 0.15) is 6.04 Å². The van der Waals surface area contributed by atoms with Crippen LogP contribution in [0.1, 0.15) is 44.6 Å². The van der Waals surface area contributed by atoms with Crippen LogP contribution in [-0.2, 0) is 11.3 Å². The second kappa shape index (κ2) is 6.58. The minimum Gasteiger partial charge on any atom is -0.334 e. The summed E-state index contributed by atoms with van der Waals surface area (Å²) in [6, 6.07) is 11.1. The lowest BCUT2D eigenvalue weighted by Crippen LogP contribution is -2.46. The SMILES string of the molecule is CCCC1CC(C(=O)N(Cc2ccccc2)C2CC2)NN1. The summed E-state index contributed by atoms with van der Waals surface area (Å²) >= 11 is 0. The molecule has 0 aromatic heterocycles. The topological polar surface area (TPSA) is 44.4 Å². The summed E-state index contributed by atoms with van der Waals surface area (Å²) in [4.78, 5) is 14.9. The van der Waals surface area contributed by atoms with Crippen LogP contribution in [0.3, 0.4) is 0 Å². The van der Waals surface area contributed by atoms with Gasteiger partial charge in [0, 0.05) is 18.6 Å². The first-order valence-corrected chi connectivity index (χ1v) is 8.13. The summed E-state index contributed by atoms with van der Waals surface area (Å²) in [6.07, 6.45) is 5.48. The van der Waals surface area contributed by atoms with Crippen LogP contribution in [0.5, 0.6) is 0 Å². The van der Waals surface area contributed by atoms with Crippen molar-refractivity contribution in [2.24, 2.45) is 0 Å². The van der Waals surface area contributed by atoms with Crippen LogP contribution in [0.4, 0.5) is 0 Å². The maximum Gasteiger partial charge on any atom is 0.241 e. The lowest BCUT2D eigenvalue weighted by Gasteiger charge is -2.25. The van der Waals surface area contributed by atoms with Crippen molar-refractivity contribution in [2.45, 2.75) is 63.7 Å². The Labute approximate surface area is 126 Å². The number of carbonyl (C=O) groups excluding carboxylic acids is 1. The molecule has 0 radical (unpaired) electrons. The summed E-state index contributed by atoms with van der Waals surface area (Å²) in [6.45, 7) is 2.92. The zero-order valence-corrected chi connectivity index (χ0v) is 12.7. The first-order valence-electron chi connectivity index (χ1n) is 8.13. The normalized spacial score (nSPS) is 25.0. The molecule has 1 amide bonds. The van der Waals surface area contributed by atoms with E-state index in [-0.39, 0.29) is 11.9 Å². The molecule has 2 aliphatic rings. The van der Waals surface area contributed by atoms with Gasteiger partial charge in [-0.05, 0) is 31.2 Å². The molecule has 1 saturated carbocycles. The minimum atomic E-state index is -0.0640. The maximum absolute atomic E-state index is 12.8. The molecule has 0 bridgehead atoms. The molecule has 1 aromatic rings. The van der Waals surface area contributed by atoms with Crippen LogP contribution in [0.15, 0.2) is 30.3 Å². The average molecular weight is 287 g/mol. The average Bonchev–Trinajstić information content (AvgIpc) is 3.25.